The van der Waals surface area contributed by atoms with Gasteiger partial charge in [-0.25, -0.2) is 0 Å². The van der Waals surface area contributed by atoms with Crippen LogP contribution in [0.2, 0.25) is 0 Å². The molecule has 0 fully saturated rings. The van der Waals surface area contributed by atoms with Crippen LogP contribution in [0.4, 0.5) is 17.1 Å². The van der Waals surface area contributed by atoms with Gasteiger partial charge in [0.2, 0.25) is 0 Å². The summed E-state index contributed by atoms with van der Waals surface area (Å²) in [6.45, 7) is 0. The number of anilines is 3. The highest BCUT2D eigenvalue weighted by atomic mass is 16.3. The van der Waals surface area contributed by atoms with E-state index in [1.165, 1.54) is 22.3 Å². The van der Waals surface area contributed by atoms with Crippen LogP contribution in [0.1, 0.15) is 0 Å². The Hall–Kier alpha value is -8.14. The Kier molecular flexibility index (Phi) is 8.17. The van der Waals surface area contributed by atoms with Crippen molar-refractivity contribution < 1.29 is 8.83 Å². The van der Waals surface area contributed by atoms with Crippen LogP contribution in [-0.2, 0) is 0 Å². The summed E-state index contributed by atoms with van der Waals surface area (Å²) in [5.74, 6) is 0. The predicted octanol–water partition coefficient (Wildman–Crippen LogP) is 16.8. The molecular weight excluding hydrogens is 743 g/mol. The molecule has 0 spiro atoms. The molecule has 2 aromatic heterocycles. The highest BCUT2D eigenvalue weighted by Crippen LogP contribution is 2.48. The molecule has 0 saturated carbocycles. The molecule has 0 aliphatic carbocycles. The average molecular weight is 780 g/mol. The molecule has 2 heterocycles. The lowest BCUT2D eigenvalue weighted by atomic mass is 9.93. The van der Waals surface area contributed by atoms with Crippen LogP contribution in [0.5, 0.6) is 0 Å². The van der Waals surface area contributed by atoms with Crippen LogP contribution in [0.15, 0.2) is 233 Å². The quantitative estimate of drug-likeness (QED) is 0.161. The van der Waals surface area contributed by atoms with Crippen LogP contribution < -0.4 is 4.90 Å². The van der Waals surface area contributed by atoms with E-state index in [9.17, 15) is 0 Å². The van der Waals surface area contributed by atoms with Crippen LogP contribution in [0.25, 0.3) is 99.2 Å². The molecule has 0 amide bonds. The van der Waals surface area contributed by atoms with Gasteiger partial charge in [-0.05, 0) is 92.9 Å². The van der Waals surface area contributed by atoms with E-state index in [0.717, 1.165) is 94.0 Å². The lowest BCUT2D eigenvalue weighted by molar-refractivity contribution is 0.670. The SMILES string of the molecule is c1ccc(-c2ccc(-c3cccc4oc5c(-c6cc7c(oc8cccc(N(c9ccccc9)c9ccc(-c%10ccccc%10)cc9)c87)c7ccccc67)cccc5c34)cc2)cc1. The topological polar surface area (TPSA) is 29.5 Å². The first kappa shape index (κ1) is 34.9. The normalized spacial score (nSPS) is 11.6. The third-order valence-electron chi connectivity index (χ3n) is 12.1. The standard InChI is InChI=1S/C58H37NO2/c1-4-15-38(16-5-1)40-29-31-42(32-30-40)45-23-13-27-53-55(45)49-25-12-24-48(57(49)60-53)50-37-51-56-52(26-14-28-54(56)61-58(51)47-22-11-10-21-46(47)50)59(43-19-8-3-9-20-43)44-35-33-41(34-36-44)39-17-6-2-7-18-39/h1-37H. The molecule has 12 rings (SSSR count). The van der Waals surface area contributed by atoms with Gasteiger partial charge < -0.3 is 13.7 Å². The molecule has 0 unspecified atom stereocenters. The summed E-state index contributed by atoms with van der Waals surface area (Å²) >= 11 is 0. The lowest BCUT2D eigenvalue weighted by Crippen LogP contribution is -2.10. The zero-order valence-electron chi connectivity index (χ0n) is 33.1. The summed E-state index contributed by atoms with van der Waals surface area (Å²) in [5, 5.41) is 6.47. The van der Waals surface area contributed by atoms with E-state index in [4.69, 9.17) is 8.83 Å². The van der Waals surface area contributed by atoms with E-state index in [0.29, 0.717) is 0 Å². The Morgan fingerprint density at radius 1 is 0.279 bits per heavy atom. The molecule has 10 aromatic carbocycles. The zero-order valence-corrected chi connectivity index (χ0v) is 33.1. The summed E-state index contributed by atoms with van der Waals surface area (Å²) < 4.78 is 13.8. The van der Waals surface area contributed by atoms with Gasteiger partial charge in [0.05, 0.1) is 11.1 Å². The minimum atomic E-state index is 0.835. The van der Waals surface area contributed by atoms with Crippen molar-refractivity contribution >= 4 is 71.7 Å². The Balaban J connectivity index is 1.06. The molecule has 0 radical (unpaired) electrons. The predicted molar refractivity (Wildman–Crippen MR) is 255 cm³/mol. The summed E-state index contributed by atoms with van der Waals surface area (Å²) in [4.78, 5) is 2.34. The smallest absolute Gasteiger partial charge is 0.143 e. The molecule has 0 aliphatic rings. The van der Waals surface area contributed by atoms with Crippen molar-refractivity contribution in [2.24, 2.45) is 0 Å². The van der Waals surface area contributed by atoms with Crippen LogP contribution in [-0.4, -0.2) is 0 Å². The Bertz CT molecular complexity index is 3550. The Labute approximate surface area is 353 Å². The van der Waals surface area contributed by atoms with Crippen molar-refractivity contribution in [2.45, 2.75) is 0 Å². The van der Waals surface area contributed by atoms with Gasteiger partial charge in [0.15, 0.2) is 0 Å². The largest absolute Gasteiger partial charge is 0.455 e. The minimum absolute atomic E-state index is 0.835. The molecule has 3 nitrogen and oxygen atoms in total. The molecule has 0 aliphatic heterocycles. The highest BCUT2D eigenvalue weighted by molar-refractivity contribution is 6.24. The van der Waals surface area contributed by atoms with E-state index in [-0.39, 0.29) is 0 Å². The second-order valence-corrected chi connectivity index (χ2v) is 15.6. The maximum Gasteiger partial charge on any atom is 0.143 e. The molecule has 286 valence electrons. The minimum Gasteiger partial charge on any atom is -0.455 e. The van der Waals surface area contributed by atoms with E-state index in [2.05, 4.69) is 229 Å². The molecular formula is C58H37NO2. The van der Waals surface area contributed by atoms with Gasteiger partial charge in [0, 0.05) is 38.5 Å². The van der Waals surface area contributed by atoms with Gasteiger partial charge in [0.25, 0.3) is 0 Å². The van der Waals surface area contributed by atoms with Gasteiger partial charge in [-0.1, -0.05) is 176 Å². The molecule has 0 saturated heterocycles. The molecule has 3 heteroatoms. The fraction of sp³-hybridized carbons (Fsp3) is 0. The Morgan fingerprint density at radius 3 is 1.48 bits per heavy atom. The first-order valence-electron chi connectivity index (χ1n) is 20.7. The summed E-state index contributed by atoms with van der Waals surface area (Å²) in [6, 6.07) is 79.6. The third-order valence-corrected chi connectivity index (χ3v) is 12.1. The lowest BCUT2D eigenvalue weighted by Gasteiger charge is -2.26. The van der Waals surface area contributed by atoms with Crippen molar-refractivity contribution in [3.63, 3.8) is 0 Å². The van der Waals surface area contributed by atoms with Gasteiger partial charge in [-0.15, -0.1) is 0 Å². The number of nitrogens with zero attached hydrogens (tertiary/aromatic N) is 1. The number of furan rings is 2. The number of rotatable bonds is 7. The second kappa shape index (κ2) is 14.3. The molecule has 0 N–H and O–H groups in total. The average Bonchev–Trinajstić information content (AvgIpc) is 3.92. The molecule has 12 aromatic rings. The highest BCUT2D eigenvalue weighted by Gasteiger charge is 2.23. The van der Waals surface area contributed by atoms with Crippen molar-refractivity contribution in [2.75, 3.05) is 4.90 Å². The van der Waals surface area contributed by atoms with Gasteiger partial charge in [-0.3, -0.25) is 0 Å². The van der Waals surface area contributed by atoms with Crippen LogP contribution in [0.3, 0.4) is 0 Å². The van der Waals surface area contributed by atoms with Gasteiger partial charge in [-0.2, -0.15) is 0 Å². The van der Waals surface area contributed by atoms with Crippen molar-refractivity contribution in [1.82, 2.24) is 0 Å². The second-order valence-electron chi connectivity index (χ2n) is 15.6. The third kappa shape index (κ3) is 5.82. The first-order valence-corrected chi connectivity index (χ1v) is 20.7. The summed E-state index contributed by atoms with van der Waals surface area (Å²) in [5.41, 5.74) is 15.8. The Morgan fingerprint density at radius 2 is 0.770 bits per heavy atom. The van der Waals surface area contributed by atoms with Gasteiger partial charge >= 0.3 is 0 Å². The first-order chi connectivity index (χ1) is 30.3. The number of benzene rings is 10. The van der Waals surface area contributed by atoms with E-state index in [1.807, 2.05) is 0 Å². The van der Waals surface area contributed by atoms with E-state index < -0.39 is 0 Å². The maximum absolute atomic E-state index is 6.91. The zero-order chi connectivity index (χ0) is 40.3. The summed E-state index contributed by atoms with van der Waals surface area (Å²) in [6.07, 6.45) is 0. The number of para-hydroxylation sites is 2. The van der Waals surface area contributed by atoms with Crippen molar-refractivity contribution in [3.05, 3.63) is 224 Å². The molecule has 0 atom stereocenters. The monoisotopic (exact) mass is 779 g/mol. The number of fused-ring (bicyclic) bond motifs is 8. The fourth-order valence-corrected chi connectivity index (χ4v) is 9.25. The van der Waals surface area contributed by atoms with E-state index >= 15 is 0 Å². The maximum atomic E-state index is 6.91. The number of hydrogen-bond donors (Lipinski definition) is 0. The van der Waals surface area contributed by atoms with Crippen LogP contribution in [0, 0.1) is 0 Å². The van der Waals surface area contributed by atoms with Crippen molar-refractivity contribution in [1.29, 1.82) is 0 Å². The molecule has 0 bridgehead atoms. The van der Waals surface area contributed by atoms with Crippen LogP contribution >= 0.6 is 0 Å². The molecule has 61 heavy (non-hydrogen) atoms. The number of hydrogen-bond acceptors (Lipinski definition) is 3. The van der Waals surface area contributed by atoms with E-state index in [1.54, 1.807) is 0 Å². The fourth-order valence-electron chi connectivity index (χ4n) is 9.25. The van der Waals surface area contributed by atoms with Crippen molar-refractivity contribution in [3.8, 4) is 44.5 Å². The van der Waals surface area contributed by atoms with Gasteiger partial charge in [0.1, 0.15) is 22.3 Å². The summed E-state index contributed by atoms with van der Waals surface area (Å²) in [7, 11) is 0.